The molecule has 104 valence electrons. The monoisotopic (exact) mass is 277 g/mol. The summed E-state index contributed by atoms with van der Waals surface area (Å²) in [4.78, 5) is 9.72. The molecule has 1 aromatic rings. The lowest BCUT2D eigenvalue weighted by Crippen LogP contribution is -2.10. The second-order valence-corrected chi connectivity index (χ2v) is 6.65. The van der Waals surface area contributed by atoms with Crippen LogP contribution >= 0.6 is 11.8 Å². The molecule has 3 nitrogen and oxygen atoms in total. The van der Waals surface area contributed by atoms with Gasteiger partial charge in [-0.2, -0.15) is 11.8 Å². The van der Waals surface area contributed by atoms with Crippen molar-refractivity contribution in [1.82, 2.24) is 9.97 Å². The summed E-state index contributed by atoms with van der Waals surface area (Å²) in [6.45, 7) is 5.38. The molecule has 4 heteroatoms. The summed E-state index contributed by atoms with van der Waals surface area (Å²) in [5.41, 5.74) is 2.63. The zero-order valence-corrected chi connectivity index (χ0v) is 12.7. The molecule has 2 aliphatic rings. The first-order valence-corrected chi connectivity index (χ1v) is 8.68. The molecule has 3 rings (SSSR count). The Bertz CT molecular complexity index is 461. The molecular weight excluding hydrogens is 254 g/mol. The molecule has 0 amide bonds. The number of rotatable bonds is 4. The lowest BCUT2D eigenvalue weighted by atomic mass is 10.0. The highest BCUT2D eigenvalue weighted by Gasteiger charge is 2.29. The fraction of sp³-hybridized carbons (Fsp3) is 0.733. The van der Waals surface area contributed by atoms with Gasteiger partial charge in [0.15, 0.2) is 0 Å². The third-order valence-corrected chi connectivity index (χ3v) is 5.39. The van der Waals surface area contributed by atoms with E-state index in [1.165, 1.54) is 36.9 Å². The van der Waals surface area contributed by atoms with Crippen LogP contribution in [0.25, 0.3) is 0 Å². The van der Waals surface area contributed by atoms with E-state index in [4.69, 9.17) is 9.97 Å². The molecule has 0 bridgehead atoms. The van der Waals surface area contributed by atoms with Crippen LogP contribution in [0.5, 0.6) is 0 Å². The maximum atomic E-state index is 4.87. The van der Waals surface area contributed by atoms with E-state index in [2.05, 4.69) is 19.2 Å². The molecule has 1 aliphatic carbocycles. The summed E-state index contributed by atoms with van der Waals surface area (Å²) < 4.78 is 0. The van der Waals surface area contributed by atoms with E-state index in [0.717, 1.165) is 35.6 Å². The predicted molar refractivity (Wildman–Crippen MR) is 81.6 cm³/mol. The van der Waals surface area contributed by atoms with Gasteiger partial charge in [-0.05, 0) is 32.1 Å². The summed E-state index contributed by atoms with van der Waals surface area (Å²) in [6.07, 6.45) is 5.22. The molecule has 19 heavy (non-hydrogen) atoms. The quantitative estimate of drug-likeness (QED) is 0.904. The minimum absolute atomic E-state index is 0.596. The molecule has 2 unspecified atom stereocenters. The maximum Gasteiger partial charge on any atom is 0.134 e. The second kappa shape index (κ2) is 5.70. The van der Waals surface area contributed by atoms with Crippen LogP contribution < -0.4 is 5.32 Å². The molecule has 1 aliphatic heterocycles. The molecule has 1 fully saturated rings. The van der Waals surface area contributed by atoms with Crippen LogP contribution in [-0.2, 0) is 11.5 Å². The third kappa shape index (κ3) is 2.60. The van der Waals surface area contributed by atoms with Gasteiger partial charge in [0.1, 0.15) is 11.6 Å². The Kier molecular flexibility index (Phi) is 3.96. The van der Waals surface area contributed by atoms with E-state index in [-0.39, 0.29) is 0 Å². The van der Waals surface area contributed by atoms with Crippen LogP contribution in [0.4, 0.5) is 5.82 Å². The first-order valence-electron chi connectivity index (χ1n) is 7.53. The zero-order valence-electron chi connectivity index (χ0n) is 11.9. The number of fused-ring (bicyclic) bond motifs is 1. The van der Waals surface area contributed by atoms with Gasteiger partial charge in [-0.25, -0.2) is 9.97 Å². The largest absolute Gasteiger partial charge is 0.370 e. The Labute approximate surface area is 120 Å². The summed E-state index contributed by atoms with van der Waals surface area (Å²) in [5, 5.41) is 3.43. The van der Waals surface area contributed by atoms with Crippen molar-refractivity contribution in [3.63, 3.8) is 0 Å². The SMILES string of the molecule is CCNc1nc(C2CCC(CC)C2)nc2c1CSC2. The number of thioether (sulfide) groups is 1. The second-order valence-electron chi connectivity index (χ2n) is 5.66. The number of aromatic nitrogens is 2. The Balaban J connectivity index is 1.88. The number of hydrogen-bond acceptors (Lipinski definition) is 4. The average Bonchev–Trinajstić information content (AvgIpc) is 3.07. The summed E-state index contributed by atoms with van der Waals surface area (Å²) >= 11 is 1.96. The van der Waals surface area contributed by atoms with Gasteiger partial charge in [0.05, 0.1) is 5.69 Å². The Morgan fingerprint density at radius 1 is 1.21 bits per heavy atom. The molecule has 2 atom stereocenters. The lowest BCUT2D eigenvalue weighted by molar-refractivity contribution is 0.516. The van der Waals surface area contributed by atoms with E-state index < -0.39 is 0 Å². The first kappa shape index (κ1) is 13.2. The molecule has 1 N–H and O–H groups in total. The molecule has 1 saturated carbocycles. The van der Waals surface area contributed by atoms with Gasteiger partial charge in [-0.15, -0.1) is 0 Å². The van der Waals surface area contributed by atoms with Gasteiger partial charge < -0.3 is 5.32 Å². The highest BCUT2D eigenvalue weighted by molar-refractivity contribution is 7.98. The van der Waals surface area contributed by atoms with Crippen molar-refractivity contribution >= 4 is 17.6 Å². The fourth-order valence-electron chi connectivity index (χ4n) is 3.25. The standard InChI is InChI=1S/C15H23N3S/c1-3-10-5-6-11(7-10)14-17-13-9-19-8-12(13)15(18-14)16-4-2/h10-11H,3-9H2,1-2H3,(H,16,17,18). The predicted octanol–water partition coefficient (Wildman–Crippen LogP) is 3.95. The number of nitrogens with one attached hydrogen (secondary N) is 1. The van der Waals surface area contributed by atoms with Gasteiger partial charge in [-0.1, -0.05) is 13.3 Å². The molecule has 2 heterocycles. The molecule has 1 aromatic heterocycles. The minimum atomic E-state index is 0.596. The average molecular weight is 277 g/mol. The zero-order chi connectivity index (χ0) is 13.2. The van der Waals surface area contributed by atoms with Crippen LogP contribution in [0, 0.1) is 5.92 Å². The Morgan fingerprint density at radius 3 is 2.84 bits per heavy atom. The van der Waals surface area contributed by atoms with Gasteiger partial charge in [0.25, 0.3) is 0 Å². The number of hydrogen-bond donors (Lipinski definition) is 1. The number of nitrogens with zero attached hydrogens (tertiary/aromatic N) is 2. The molecular formula is C15H23N3S. The van der Waals surface area contributed by atoms with Crippen molar-refractivity contribution in [2.75, 3.05) is 11.9 Å². The highest BCUT2D eigenvalue weighted by Crippen LogP contribution is 2.40. The lowest BCUT2D eigenvalue weighted by Gasteiger charge is -2.14. The summed E-state index contributed by atoms with van der Waals surface area (Å²) in [7, 11) is 0. The minimum Gasteiger partial charge on any atom is -0.370 e. The topological polar surface area (TPSA) is 37.8 Å². The van der Waals surface area contributed by atoms with Crippen LogP contribution in [0.1, 0.15) is 62.5 Å². The van der Waals surface area contributed by atoms with Crippen molar-refractivity contribution in [3.05, 3.63) is 17.1 Å². The van der Waals surface area contributed by atoms with E-state index in [1.54, 1.807) is 0 Å². The first-order chi connectivity index (χ1) is 9.31. The van der Waals surface area contributed by atoms with E-state index >= 15 is 0 Å². The summed E-state index contributed by atoms with van der Waals surface area (Å²) in [6, 6.07) is 0. The van der Waals surface area contributed by atoms with Gasteiger partial charge in [0.2, 0.25) is 0 Å². The smallest absolute Gasteiger partial charge is 0.134 e. The van der Waals surface area contributed by atoms with Crippen molar-refractivity contribution in [2.45, 2.75) is 57.0 Å². The van der Waals surface area contributed by atoms with Gasteiger partial charge in [0, 0.05) is 29.5 Å². The Hall–Kier alpha value is -0.770. The van der Waals surface area contributed by atoms with Crippen molar-refractivity contribution in [2.24, 2.45) is 5.92 Å². The fourth-order valence-corrected chi connectivity index (χ4v) is 4.29. The Morgan fingerprint density at radius 2 is 2.11 bits per heavy atom. The number of anilines is 1. The van der Waals surface area contributed by atoms with Crippen molar-refractivity contribution in [1.29, 1.82) is 0 Å². The third-order valence-electron chi connectivity index (χ3n) is 4.42. The molecule has 0 radical (unpaired) electrons. The molecule has 0 spiro atoms. The van der Waals surface area contributed by atoms with Crippen LogP contribution in [0.2, 0.25) is 0 Å². The normalized spacial score (nSPS) is 25.6. The van der Waals surface area contributed by atoms with Gasteiger partial charge in [-0.3, -0.25) is 0 Å². The van der Waals surface area contributed by atoms with E-state index in [0.29, 0.717) is 5.92 Å². The van der Waals surface area contributed by atoms with E-state index in [1.807, 2.05) is 11.8 Å². The highest BCUT2D eigenvalue weighted by atomic mass is 32.2. The van der Waals surface area contributed by atoms with Crippen LogP contribution in [0.3, 0.4) is 0 Å². The molecule has 0 aromatic carbocycles. The van der Waals surface area contributed by atoms with Crippen LogP contribution in [0.15, 0.2) is 0 Å². The summed E-state index contributed by atoms with van der Waals surface area (Å²) in [5.74, 6) is 5.82. The van der Waals surface area contributed by atoms with Crippen molar-refractivity contribution in [3.8, 4) is 0 Å². The maximum absolute atomic E-state index is 4.87. The van der Waals surface area contributed by atoms with Crippen LogP contribution in [-0.4, -0.2) is 16.5 Å². The van der Waals surface area contributed by atoms with E-state index in [9.17, 15) is 0 Å². The van der Waals surface area contributed by atoms with Gasteiger partial charge >= 0.3 is 0 Å². The molecule has 0 saturated heterocycles. The van der Waals surface area contributed by atoms with Crippen molar-refractivity contribution < 1.29 is 0 Å².